The van der Waals surface area contributed by atoms with Crippen LogP contribution in [0.4, 0.5) is 5.82 Å². The standard InChI is InChI=1S/C13H21N3OS/c1-13(2,3)10-6-11(15(4)14-10)16-7-9(8-18)5-12(16)17/h6,9,18H,5,7-8H2,1-4H3. The Kier molecular flexibility index (Phi) is 3.45. The molecule has 1 saturated heterocycles. The molecule has 0 aliphatic carbocycles. The number of anilines is 1. The average Bonchev–Trinajstić information content (AvgIpc) is 2.81. The van der Waals surface area contributed by atoms with Gasteiger partial charge in [-0.25, -0.2) is 0 Å². The molecular weight excluding hydrogens is 246 g/mol. The van der Waals surface area contributed by atoms with E-state index in [4.69, 9.17) is 0 Å². The van der Waals surface area contributed by atoms with Crippen molar-refractivity contribution in [2.75, 3.05) is 17.2 Å². The molecule has 0 saturated carbocycles. The zero-order valence-electron chi connectivity index (χ0n) is 11.5. The van der Waals surface area contributed by atoms with Gasteiger partial charge in [-0.3, -0.25) is 14.4 Å². The molecule has 1 unspecified atom stereocenters. The van der Waals surface area contributed by atoms with Crippen LogP contribution in [0.1, 0.15) is 32.9 Å². The minimum atomic E-state index is 0.00172. The van der Waals surface area contributed by atoms with Gasteiger partial charge in [0.15, 0.2) is 0 Å². The van der Waals surface area contributed by atoms with Crippen LogP contribution in [-0.4, -0.2) is 28.0 Å². The van der Waals surface area contributed by atoms with E-state index in [0.29, 0.717) is 12.3 Å². The lowest BCUT2D eigenvalue weighted by molar-refractivity contribution is -0.117. The van der Waals surface area contributed by atoms with Gasteiger partial charge in [-0.2, -0.15) is 17.7 Å². The fourth-order valence-electron chi connectivity index (χ4n) is 2.20. The largest absolute Gasteiger partial charge is 0.297 e. The Morgan fingerprint density at radius 3 is 2.61 bits per heavy atom. The van der Waals surface area contributed by atoms with Gasteiger partial charge in [0.2, 0.25) is 5.91 Å². The first-order chi connectivity index (χ1) is 8.32. The SMILES string of the molecule is Cn1nc(C(C)(C)C)cc1N1CC(CS)CC1=O. The molecule has 0 spiro atoms. The van der Waals surface area contributed by atoms with Gasteiger partial charge in [-0.1, -0.05) is 20.8 Å². The summed E-state index contributed by atoms with van der Waals surface area (Å²) < 4.78 is 1.80. The van der Waals surface area contributed by atoms with E-state index < -0.39 is 0 Å². The molecule has 0 bridgehead atoms. The molecule has 0 radical (unpaired) electrons. The molecule has 1 aliphatic rings. The second kappa shape index (κ2) is 4.61. The fraction of sp³-hybridized carbons (Fsp3) is 0.692. The first kappa shape index (κ1) is 13.5. The number of hydrogen-bond acceptors (Lipinski definition) is 3. The maximum atomic E-state index is 12.0. The van der Waals surface area contributed by atoms with Crippen LogP contribution in [0.2, 0.25) is 0 Å². The number of rotatable bonds is 2. The predicted octanol–water partition coefficient (Wildman–Crippen LogP) is 2.00. The molecule has 18 heavy (non-hydrogen) atoms. The fourth-order valence-corrected chi connectivity index (χ4v) is 2.45. The van der Waals surface area contributed by atoms with Crippen molar-refractivity contribution >= 4 is 24.4 Å². The van der Waals surface area contributed by atoms with E-state index in [2.05, 4.69) is 38.5 Å². The normalized spacial score (nSPS) is 20.8. The Labute approximate surface area is 114 Å². The van der Waals surface area contributed by atoms with E-state index in [1.54, 1.807) is 4.68 Å². The van der Waals surface area contributed by atoms with Crippen LogP contribution < -0.4 is 4.90 Å². The summed E-state index contributed by atoms with van der Waals surface area (Å²) in [6, 6.07) is 2.03. The average molecular weight is 267 g/mol. The lowest BCUT2D eigenvalue weighted by Crippen LogP contribution is -2.26. The molecule has 2 rings (SSSR count). The number of amides is 1. The highest BCUT2D eigenvalue weighted by Gasteiger charge is 2.32. The molecule has 1 aromatic rings. The zero-order chi connectivity index (χ0) is 13.5. The van der Waals surface area contributed by atoms with Crippen LogP contribution in [0, 0.1) is 5.92 Å². The summed E-state index contributed by atoms with van der Waals surface area (Å²) >= 11 is 4.29. The Balaban J connectivity index is 2.29. The molecule has 0 aromatic carbocycles. The first-order valence-electron chi connectivity index (χ1n) is 6.28. The van der Waals surface area contributed by atoms with Gasteiger partial charge in [0, 0.05) is 31.5 Å². The summed E-state index contributed by atoms with van der Waals surface area (Å²) in [5, 5.41) is 4.52. The smallest absolute Gasteiger partial charge is 0.228 e. The highest BCUT2D eigenvalue weighted by molar-refractivity contribution is 7.80. The molecule has 1 fully saturated rings. The monoisotopic (exact) mass is 267 g/mol. The summed E-state index contributed by atoms with van der Waals surface area (Å²) in [5.41, 5.74) is 1.02. The van der Waals surface area contributed by atoms with Crippen LogP contribution in [0.3, 0.4) is 0 Å². The summed E-state index contributed by atoms with van der Waals surface area (Å²) in [6.07, 6.45) is 0.597. The topological polar surface area (TPSA) is 38.1 Å². The second-order valence-corrected chi connectivity index (χ2v) is 6.38. The number of carbonyl (C=O) groups is 1. The van der Waals surface area contributed by atoms with Crippen LogP contribution in [0.25, 0.3) is 0 Å². The van der Waals surface area contributed by atoms with Crippen LogP contribution >= 0.6 is 12.6 Å². The maximum Gasteiger partial charge on any atom is 0.228 e. The molecule has 100 valence electrons. The molecule has 5 heteroatoms. The Bertz CT molecular complexity index is 461. The van der Waals surface area contributed by atoms with Crippen LogP contribution in [0.5, 0.6) is 0 Å². The molecule has 2 heterocycles. The lowest BCUT2D eigenvalue weighted by atomic mass is 9.92. The zero-order valence-corrected chi connectivity index (χ0v) is 12.4. The second-order valence-electron chi connectivity index (χ2n) is 6.02. The van der Waals surface area contributed by atoms with Crippen molar-refractivity contribution in [1.29, 1.82) is 0 Å². The number of thiol groups is 1. The lowest BCUT2D eigenvalue weighted by Gasteiger charge is -2.16. The van der Waals surface area contributed by atoms with E-state index >= 15 is 0 Å². The predicted molar refractivity (Wildman–Crippen MR) is 76.2 cm³/mol. The number of nitrogens with zero attached hydrogens (tertiary/aromatic N) is 3. The third-order valence-corrected chi connectivity index (χ3v) is 3.88. The van der Waals surface area contributed by atoms with Gasteiger partial charge < -0.3 is 0 Å². The van der Waals surface area contributed by atoms with E-state index in [9.17, 15) is 4.79 Å². The highest BCUT2D eigenvalue weighted by atomic mass is 32.1. The van der Waals surface area contributed by atoms with Crippen molar-refractivity contribution < 1.29 is 4.79 Å². The van der Waals surface area contributed by atoms with Crippen molar-refractivity contribution in [2.24, 2.45) is 13.0 Å². The Morgan fingerprint density at radius 1 is 1.50 bits per heavy atom. The molecule has 0 N–H and O–H groups in total. The minimum absolute atomic E-state index is 0.00172. The molecule has 1 atom stereocenters. The highest BCUT2D eigenvalue weighted by Crippen LogP contribution is 2.29. The number of carbonyl (C=O) groups excluding carboxylic acids is 1. The molecule has 1 aromatic heterocycles. The van der Waals surface area contributed by atoms with E-state index in [1.165, 1.54) is 0 Å². The Hall–Kier alpha value is -0.970. The summed E-state index contributed by atoms with van der Waals surface area (Å²) in [5.74, 6) is 2.19. The van der Waals surface area contributed by atoms with Gasteiger partial charge in [0.1, 0.15) is 5.82 Å². The number of aryl methyl sites for hydroxylation is 1. The van der Waals surface area contributed by atoms with Crippen LogP contribution in [-0.2, 0) is 17.3 Å². The van der Waals surface area contributed by atoms with Gasteiger partial charge in [0.25, 0.3) is 0 Å². The quantitative estimate of drug-likeness (QED) is 0.832. The summed E-state index contributed by atoms with van der Waals surface area (Å²) in [7, 11) is 1.89. The van der Waals surface area contributed by atoms with E-state index in [1.807, 2.05) is 18.0 Å². The number of aromatic nitrogens is 2. The first-order valence-corrected chi connectivity index (χ1v) is 6.92. The third kappa shape index (κ3) is 2.41. The third-order valence-electron chi connectivity index (χ3n) is 3.36. The van der Waals surface area contributed by atoms with Crippen molar-refractivity contribution in [3.05, 3.63) is 11.8 Å². The van der Waals surface area contributed by atoms with E-state index in [0.717, 1.165) is 23.8 Å². The minimum Gasteiger partial charge on any atom is -0.297 e. The molecule has 1 amide bonds. The molecular formula is C13H21N3OS. The Morgan fingerprint density at radius 2 is 2.17 bits per heavy atom. The van der Waals surface area contributed by atoms with Crippen LogP contribution in [0.15, 0.2) is 6.07 Å². The summed E-state index contributed by atoms with van der Waals surface area (Å²) in [4.78, 5) is 13.8. The van der Waals surface area contributed by atoms with Gasteiger partial charge >= 0.3 is 0 Å². The maximum absolute atomic E-state index is 12.0. The van der Waals surface area contributed by atoms with Gasteiger partial charge in [0.05, 0.1) is 5.69 Å². The van der Waals surface area contributed by atoms with Crippen molar-refractivity contribution in [3.63, 3.8) is 0 Å². The van der Waals surface area contributed by atoms with Crippen molar-refractivity contribution in [1.82, 2.24) is 9.78 Å². The summed E-state index contributed by atoms with van der Waals surface area (Å²) in [6.45, 7) is 7.13. The van der Waals surface area contributed by atoms with Gasteiger partial charge in [-0.15, -0.1) is 0 Å². The van der Waals surface area contributed by atoms with Crippen molar-refractivity contribution in [3.8, 4) is 0 Å². The molecule has 4 nitrogen and oxygen atoms in total. The van der Waals surface area contributed by atoms with Crippen molar-refractivity contribution in [2.45, 2.75) is 32.6 Å². The number of hydrogen-bond donors (Lipinski definition) is 1. The van der Waals surface area contributed by atoms with E-state index in [-0.39, 0.29) is 11.3 Å². The van der Waals surface area contributed by atoms with Gasteiger partial charge in [-0.05, 0) is 11.7 Å². The molecule has 1 aliphatic heterocycles.